The molecule has 0 aliphatic rings. The average molecular weight is 468 g/mol. The molecule has 1 unspecified atom stereocenters. The summed E-state index contributed by atoms with van der Waals surface area (Å²) < 4.78 is 51.7. The largest absolute Gasteiger partial charge is 0.413 e. The van der Waals surface area contributed by atoms with Gasteiger partial charge in [0.15, 0.2) is 6.04 Å². The average Bonchev–Trinajstić information content (AvgIpc) is 3.07. The van der Waals surface area contributed by atoms with Gasteiger partial charge in [0.1, 0.15) is 0 Å². The topological polar surface area (TPSA) is 42.9 Å². The summed E-state index contributed by atoms with van der Waals surface area (Å²) in [4.78, 5) is 0. The van der Waals surface area contributed by atoms with E-state index in [4.69, 9.17) is 10.1 Å². The highest BCUT2D eigenvalue weighted by molar-refractivity contribution is 5.76. The molecule has 0 saturated carbocycles. The van der Waals surface area contributed by atoms with Crippen molar-refractivity contribution >= 4 is 11.0 Å². The highest BCUT2D eigenvalue weighted by Gasteiger charge is 2.44. The number of ether oxygens (including phenoxy) is 1. The van der Waals surface area contributed by atoms with Gasteiger partial charge in [-0.05, 0) is 43.5 Å². The molecule has 4 aromatic rings. The number of alkyl halides is 3. The van der Waals surface area contributed by atoms with Gasteiger partial charge in [-0.15, -0.1) is 0 Å². The molecule has 1 heterocycles. The number of methoxy groups -OCH3 is 1. The molecule has 0 amide bonds. The molecule has 1 N–H and O–H groups in total. The first-order valence-corrected chi connectivity index (χ1v) is 11.1. The number of imidazole rings is 1. The molecule has 0 saturated heterocycles. The molecule has 2 atom stereocenters. The number of hydrogen-bond donors (Lipinski definition) is 1. The van der Waals surface area contributed by atoms with Gasteiger partial charge in [0.25, 0.3) is 0 Å². The molecule has 0 aliphatic heterocycles. The van der Waals surface area contributed by atoms with Crippen LogP contribution >= 0.6 is 0 Å². The number of benzene rings is 3. The first-order valence-electron chi connectivity index (χ1n) is 11.1. The highest BCUT2D eigenvalue weighted by atomic mass is 19.4. The zero-order valence-corrected chi connectivity index (χ0v) is 19.4. The molecule has 0 spiro atoms. The monoisotopic (exact) mass is 467 g/mol. The Balaban J connectivity index is 1.92. The highest BCUT2D eigenvalue weighted by Crippen LogP contribution is 2.38. The zero-order valence-electron chi connectivity index (χ0n) is 19.4. The van der Waals surface area contributed by atoms with Gasteiger partial charge in [-0.3, -0.25) is 9.98 Å². The second-order valence-electron chi connectivity index (χ2n) is 8.71. The van der Waals surface area contributed by atoms with Crippen LogP contribution in [-0.4, -0.2) is 29.0 Å². The molecule has 0 radical (unpaired) electrons. The molecule has 1 aromatic heterocycles. The lowest BCUT2D eigenvalue weighted by Gasteiger charge is -2.24. The minimum absolute atomic E-state index is 0.0985. The number of nitrogens with zero attached hydrogens (tertiary/aromatic N) is 2. The Bertz CT molecular complexity index is 1320. The van der Waals surface area contributed by atoms with E-state index < -0.39 is 12.2 Å². The molecular formula is C27H28F3N3O. The molecule has 0 fully saturated rings. The Kier molecular flexibility index (Phi) is 6.66. The lowest BCUT2D eigenvalue weighted by atomic mass is 10.0. The van der Waals surface area contributed by atoms with Crippen LogP contribution in [0, 0.1) is 19.3 Å². The van der Waals surface area contributed by atoms with Crippen LogP contribution in [0.3, 0.4) is 0 Å². The third kappa shape index (κ3) is 4.66. The SMILES string of the molecule is COC[C@H](Cc1ccc(C)cc1)n1c(=N)n(C(c2ccc(C)cc2)C(F)(F)F)c2ccccc21. The molecule has 3 aromatic carbocycles. The van der Waals surface area contributed by atoms with E-state index in [-0.39, 0.29) is 23.8 Å². The van der Waals surface area contributed by atoms with E-state index in [9.17, 15) is 13.2 Å². The Morgan fingerprint density at radius 3 is 1.88 bits per heavy atom. The minimum atomic E-state index is -4.58. The minimum Gasteiger partial charge on any atom is -0.383 e. The smallest absolute Gasteiger partial charge is 0.383 e. The van der Waals surface area contributed by atoms with Crippen LogP contribution in [0.15, 0.2) is 72.8 Å². The summed E-state index contributed by atoms with van der Waals surface area (Å²) in [5.74, 6) is 0. The van der Waals surface area contributed by atoms with E-state index in [1.165, 1.54) is 12.1 Å². The summed E-state index contributed by atoms with van der Waals surface area (Å²) in [6.07, 6.45) is -4.06. The van der Waals surface area contributed by atoms with Gasteiger partial charge in [0.05, 0.1) is 23.7 Å². The first-order chi connectivity index (χ1) is 16.2. The number of nitrogens with one attached hydrogen (secondary N) is 1. The lowest BCUT2D eigenvalue weighted by molar-refractivity contribution is -0.157. The van der Waals surface area contributed by atoms with Gasteiger partial charge in [0.2, 0.25) is 5.62 Å². The van der Waals surface area contributed by atoms with Gasteiger partial charge in [0, 0.05) is 7.11 Å². The fourth-order valence-electron chi connectivity index (χ4n) is 4.49. The Hall–Kier alpha value is -3.32. The van der Waals surface area contributed by atoms with Crippen molar-refractivity contribution in [3.05, 3.63) is 101 Å². The van der Waals surface area contributed by atoms with Crippen molar-refractivity contribution in [1.82, 2.24) is 9.13 Å². The maximum Gasteiger partial charge on any atom is 0.413 e. The molecule has 178 valence electrons. The zero-order chi connectivity index (χ0) is 24.5. The number of hydrogen-bond acceptors (Lipinski definition) is 2. The van der Waals surface area contributed by atoms with E-state index in [0.717, 1.165) is 21.3 Å². The van der Waals surface area contributed by atoms with Crippen LogP contribution in [0.4, 0.5) is 13.2 Å². The number of fused-ring (bicyclic) bond motifs is 1. The summed E-state index contributed by atoms with van der Waals surface area (Å²) in [7, 11) is 1.57. The summed E-state index contributed by atoms with van der Waals surface area (Å²) in [5, 5.41) is 8.96. The number of aryl methyl sites for hydroxylation is 2. The van der Waals surface area contributed by atoms with Crippen LogP contribution < -0.4 is 5.62 Å². The standard InChI is InChI=1S/C27H28F3N3O/c1-18-8-12-20(13-9-18)16-22(17-34-3)32-23-6-4-5-7-24(23)33(26(32)31)25(27(28,29)30)21-14-10-19(2)11-15-21/h4-15,22,25,31H,16-17H2,1-3H3/t22-,25?/m0/s1. The Morgan fingerprint density at radius 1 is 0.824 bits per heavy atom. The third-order valence-corrected chi connectivity index (χ3v) is 6.13. The van der Waals surface area contributed by atoms with E-state index in [1.807, 2.05) is 38.1 Å². The summed E-state index contributed by atoms with van der Waals surface area (Å²) >= 11 is 0. The van der Waals surface area contributed by atoms with Crippen molar-refractivity contribution in [3.63, 3.8) is 0 Å². The molecule has 0 aliphatic carbocycles. The summed E-state index contributed by atoms with van der Waals surface area (Å²) in [6.45, 7) is 4.10. The van der Waals surface area contributed by atoms with E-state index in [1.54, 1.807) is 48.1 Å². The maximum atomic E-state index is 14.5. The quantitative estimate of drug-likeness (QED) is 0.350. The number of rotatable bonds is 7. The predicted octanol–water partition coefficient (Wildman–Crippen LogP) is 6.12. The fraction of sp³-hybridized carbons (Fsp3) is 0.296. The predicted molar refractivity (Wildman–Crippen MR) is 127 cm³/mol. The van der Waals surface area contributed by atoms with Crippen molar-refractivity contribution in [2.24, 2.45) is 0 Å². The van der Waals surface area contributed by atoms with Crippen LogP contribution in [0.1, 0.15) is 34.3 Å². The second kappa shape index (κ2) is 9.50. The van der Waals surface area contributed by atoms with Crippen LogP contribution in [-0.2, 0) is 11.2 Å². The lowest BCUT2D eigenvalue weighted by Crippen LogP contribution is -2.38. The van der Waals surface area contributed by atoms with Crippen molar-refractivity contribution in [2.75, 3.05) is 13.7 Å². The van der Waals surface area contributed by atoms with Crippen molar-refractivity contribution in [3.8, 4) is 0 Å². The first kappa shape index (κ1) is 23.8. The molecule has 4 nitrogen and oxygen atoms in total. The van der Waals surface area contributed by atoms with Crippen molar-refractivity contribution < 1.29 is 17.9 Å². The van der Waals surface area contributed by atoms with Crippen molar-refractivity contribution in [2.45, 2.75) is 38.5 Å². The fourth-order valence-corrected chi connectivity index (χ4v) is 4.49. The van der Waals surface area contributed by atoms with Crippen molar-refractivity contribution in [1.29, 1.82) is 5.41 Å². The van der Waals surface area contributed by atoms with Gasteiger partial charge >= 0.3 is 6.18 Å². The van der Waals surface area contributed by atoms with Crippen LogP contribution in [0.2, 0.25) is 0 Å². The van der Waals surface area contributed by atoms with Crippen LogP contribution in [0.5, 0.6) is 0 Å². The number of halogens is 3. The van der Waals surface area contributed by atoms with Gasteiger partial charge in [-0.1, -0.05) is 71.8 Å². The maximum absolute atomic E-state index is 14.5. The van der Waals surface area contributed by atoms with E-state index >= 15 is 0 Å². The molecule has 4 rings (SSSR count). The molecule has 0 bridgehead atoms. The third-order valence-electron chi connectivity index (χ3n) is 6.13. The van der Waals surface area contributed by atoms with Gasteiger partial charge < -0.3 is 9.30 Å². The molecule has 7 heteroatoms. The summed E-state index contributed by atoms with van der Waals surface area (Å²) in [6, 6.07) is 18.9. The molecular weight excluding hydrogens is 439 g/mol. The van der Waals surface area contributed by atoms with Gasteiger partial charge in [-0.25, -0.2) is 0 Å². The van der Waals surface area contributed by atoms with E-state index in [2.05, 4.69) is 0 Å². The normalized spacial score (nSPS) is 13.8. The summed E-state index contributed by atoms with van der Waals surface area (Å²) in [5.41, 5.74) is 3.86. The van der Waals surface area contributed by atoms with E-state index in [0.29, 0.717) is 17.5 Å². The molecule has 34 heavy (non-hydrogen) atoms. The number of para-hydroxylation sites is 2. The van der Waals surface area contributed by atoms with Gasteiger partial charge in [-0.2, -0.15) is 13.2 Å². The van der Waals surface area contributed by atoms with Crippen LogP contribution in [0.25, 0.3) is 11.0 Å². The Morgan fingerprint density at radius 2 is 1.35 bits per heavy atom. The Labute approximate surface area is 196 Å². The number of aromatic nitrogens is 2. The second-order valence-corrected chi connectivity index (χ2v) is 8.71.